The average Bonchev–Trinajstić information content (AvgIpc) is 3.21. The van der Waals surface area contributed by atoms with Crippen LogP contribution in [0.4, 0.5) is 11.6 Å². The second kappa shape index (κ2) is 6.89. The van der Waals surface area contributed by atoms with E-state index in [1.165, 1.54) is 6.26 Å². The lowest BCUT2D eigenvalue weighted by Gasteiger charge is -2.30. The van der Waals surface area contributed by atoms with Gasteiger partial charge in [-0.25, -0.2) is 22.4 Å². The molecule has 3 aromatic rings. The maximum atomic E-state index is 11.8. The van der Waals surface area contributed by atoms with Crippen molar-refractivity contribution in [3.63, 3.8) is 0 Å². The molecule has 1 saturated heterocycles. The van der Waals surface area contributed by atoms with Gasteiger partial charge in [0.05, 0.1) is 29.7 Å². The molecule has 0 radical (unpaired) electrons. The van der Waals surface area contributed by atoms with E-state index >= 15 is 0 Å². The minimum Gasteiger partial charge on any atom is -0.321 e. The van der Waals surface area contributed by atoms with Crippen LogP contribution in [0.25, 0.3) is 11.0 Å². The maximum absolute atomic E-state index is 11.8. The third-order valence-corrected chi connectivity index (χ3v) is 5.99. The first-order chi connectivity index (χ1) is 12.9. The normalized spacial score (nSPS) is 18.8. The van der Waals surface area contributed by atoms with Crippen molar-refractivity contribution in [2.24, 2.45) is 13.0 Å². The Morgan fingerprint density at radius 3 is 2.85 bits per heavy atom. The van der Waals surface area contributed by atoms with Crippen molar-refractivity contribution in [2.75, 3.05) is 24.7 Å². The number of rotatable bonds is 5. The number of hydrogen-bond donors (Lipinski definition) is 1. The van der Waals surface area contributed by atoms with E-state index in [-0.39, 0.29) is 5.92 Å². The summed E-state index contributed by atoms with van der Waals surface area (Å²) in [6, 6.07) is 0. The summed E-state index contributed by atoms with van der Waals surface area (Å²) < 4.78 is 28.8. The third kappa shape index (κ3) is 3.93. The molecule has 27 heavy (non-hydrogen) atoms. The zero-order valence-electron chi connectivity index (χ0n) is 15.3. The first-order valence-corrected chi connectivity index (χ1v) is 10.6. The molecule has 1 N–H and O–H groups in total. The first-order valence-electron chi connectivity index (χ1n) is 8.78. The number of sulfonamides is 1. The predicted octanol–water partition coefficient (Wildman–Crippen LogP) is 0.975. The van der Waals surface area contributed by atoms with Crippen molar-refractivity contribution in [1.29, 1.82) is 0 Å². The molecular weight excluding hydrogens is 368 g/mol. The van der Waals surface area contributed by atoms with E-state index in [4.69, 9.17) is 0 Å². The fourth-order valence-electron chi connectivity index (χ4n) is 3.40. The Hall–Kier alpha value is -2.53. The number of nitrogens with one attached hydrogen (secondary N) is 1. The maximum Gasteiger partial charge on any atom is 0.229 e. The van der Waals surface area contributed by atoms with E-state index in [0.29, 0.717) is 25.6 Å². The number of fused-ring (bicyclic) bond motifs is 1. The van der Waals surface area contributed by atoms with Gasteiger partial charge in [-0.1, -0.05) is 0 Å². The number of anilines is 2. The molecule has 0 bridgehead atoms. The minimum absolute atomic E-state index is 0.210. The van der Waals surface area contributed by atoms with Crippen molar-refractivity contribution in [3.05, 3.63) is 24.8 Å². The second-order valence-electron chi connectivity index (χ2n) is 6.96. The highest BCUT2D eigenvalue weighted by molar-refractivity contribution is 7.88. The van der Waals surface area contributed by atoms with Crippen molar-refractivity contribution in [3.8, 4) is 0 Å². The molecule has 1 fully saturated rings. The number of aromatic nitrogens is 6. The molecule has 0 spiro atoms. The molecule has 4 rings (SSSR count). The van der Waals surface area contributed by atoms with Crippen LogP contribution in [0, 0.1) is 5.92 Å². The van der Waals surface area contributed by atoms with Crippen LogP contribution >= 0.6 is 0 Å². The zero-order valence-corrected chi connectivity index (χ0v) is 16.1. The molecule has 144 valence electrons. The Morgan fingerprint density at radius 2 is 2.11 bits per heavy atom. The van der Waals surface area contributed by atoms with Crippen LogP contribution in [0.2, 0.25) is 0 Å². The Kier molecular flexibility index (Phi) is 4.56. The van der Waals surface area contributed by atoms with Gasteiger partial charge in [0.2, 0.25) is 16.0 Å². The monoisotopic (exact) mass is 390 g/mol. The Morgan fingerprint density at radius 1 is 1.26 bits per heavy atom. The number of nitrogens with zero attached hydrogens (tertiary/aromatic N) is 7. The lowest BCUT2D eigenvalue weighted by molar-refractivity contribution is 0.242. The Balaban J connectivity index is 1.54. The van der Waals surface area contributed by atoms with Gasteiger partial charge in [0, 0.05) is 39.1 Å². The van der Waals surface area contributed by atoms with Gasteiger partial charge in [0.15, 0.2) is 5.65 Å². The number of hydrogen-bond acceptors (Lipinski definition) is 7. The molecule has 0 aromatic carbocycles. The lowest BCUT2D eigenvalue weighted by Crippen LogP contribution is -2.40. The SMILES string of the molecule is Cn1cc(Nc2ncc3cnn(CC4CCCN(S(C)(=O)=O)C4)c3n2)cn1. The van der Waals surface area contributed by atoms with Gasteiger partial charge in [-0.3, -0.25) is 4.68 Å². The fourth-order valence-corrected chi connectivity index (χ4v) is 4.34. The van der Waals surface area contributed by atoms with Crippen molar-refractivity contribution in [1.82, 2.24) is 33.8 Å². The minimum atomic E-state index is -3.16. The third-order valence-electron chi connectivity index (χ3n) is 4.72. The molecule has 0 amide bonds. The van der Waals surface area contributed by atoms with Crippen molar-refractivity contribution in [2.45, 2.75) is 19.4 Å². The first kappa shape index (κ1) is 17.9. The summed E-state index contributed by atoms with van der Waals surface area (Å²) in [6.07, 6.45) is 10.1. The largest absolute Gasteiger partial charge is 0.321 e. The van der Waals surface area contributed by atoms with Crippen LogP contribution < -0.4 is 5.32 Å². The van der Waals surface area contributed by atoms with Crippen molar-refractivity contribution < 1.29 is 8.42 Å². The Labute approximate surface area is 157 Å². The van der Waals surface area contributed by atoms with Crippen LogP contribution in [-0.4, -0.2) is 61.6 Å². The summed E-state index contributed by atoms with van der Waals surface area (Å²) in [6.45, 7) is 1.74. The molecule has 3 aromatic heterocycles. The summed E-state index contributed by atoms with van der Waals surface area (Å²) in [4.78, 5) is 8.90. The van der Waals surface area contributed by atoms with Gasteiger partial charge in [-0.2, -0.15) is 15.2 Å². The van der Waals surface area contributed by atoms with Gasteiger partial charge in [0.25, 0.3) is 0 Å². The highest BCUT2D eigenvalue weighted by Gasteiger charge is 2.26. The molecule has 11 heteroatoms. The molecule has 1 aliphatic heterocycles. The van der Waals surface area contributed by atoms with Gasteiger partial charge in [0.1, 0.15) is 0 Å². The standard InChI is InChI=1S/C16H22N8O2S/c1-22-11-14(8-18-22)20-16-17-6-13-7-19-24(15(13)21-16)10-12-4-3-5-23(9-12)27(2,25)26/h6-8,11-12H,3-5,9-10H2,1-2H3,(H,17,20,21). The predicted molar refractivity (Wildman–Crippen MR) is 101 cm³/mol. The number of piperidine rings is 1. The molecule has 1 atom stereocenters. The van der Waals surface area contributed by atoms with Gasteiger partial charge in [-0.05, 0) is 18.8 Å². The Bertz CT molecular complexity index is 1060. The average molecular weight is 390 g/mol. The van der Waals surface area contributed by atoms with E-state index in [9.17, 15) is 8.42 Å². The summed E-state index contributed by atoms with van der Waals surface area (Å²) in [5.74, 6) is 0.680. The van der Waals surface area contributed by atoms with Gasteiger partial charge < -0.3 is 5.32 Å². The summed E-state index contributed by atoms with van der Waals surface area (Å²) in [5, 5.41) is 12.5. The van der Waals surface area contributed by atoms with E-state index in [1.54, 1.807) is 27.6 Å². The highest BCUT2D eigenvalue weighted by atomic mass is 32.2. The topological polar surface area (TPSA) is 111 Å². The van der Waals surface area contributed by atoms with E-state index in [2.05, 4.69) is 25.5 Å². The molecule has 0 saturated carbocycles. The van der Waals surface area contributed by atoms with Crippen LogP contribution in [0.5, 0.6) is 0 Å². The van der Waals surface area contributed by atoms with Gasteiger partial charge in [-0.15, -0.1) is 0 Å². The van der Waals surface area contributed by atoms with E-state index in [0.717, 1.165) is 29.6 Å². The quantitative estimate of drug-likeness (QED) is 0.691. The van der Waals surface area contributed by atoms with Crippen LogP contribution in [0.15, 0.2) is 24.8 Å². The van der Waals surface area contributed by atoms with E-state index in [1.807, 2.05) is 17.9 Å². The molecule has 1 aliphatic rings. The van der Waals surface area contributed by atoms with Crippen LogP contribution in [0.3, 0.4) is 0 Å². The van der Waals surface area contributed by atoms with E-state index < -0.39 is 10.0 Å². The zero-order chi connectivity index (χ0) is 19.0. The molecule has 4 heterocycles. The summed E-state index contributed by atoms with van der Waals surface area (Å²) in [7, 11) is -1.32. The molecule has 10 nitrogen and oxygen atoms in total. The van der Waals surface area contributed by atoms with Crippen molar-refractivity contribution >= 4 is 32.7 Å². The van der Waals surface area contributed by atoms with Gasteiger partial charge >= 0.3 is 0 Å². The fraction of sp³-hybridized carbons (Fsp3) is 0.500. The van der Waals surface area contributed by atoms with Crippen LogP contribution in [0.1, 0.15) is 12.8 Å². The summed E-state index contributed by atoms with van der Waals surface area (Å²) >= 11 is 0. The van der Waals surface area contributed by atoms with Crippen LogP contribution in [-0.2, 0) is 23.6 Å². The molecule has 1 unspecified atom stereocenters. The highest BCUT2D eigenvalue weighted by Crippen LogP contribution is 2.22. The lowest BCUT2D eigenvalue weighted by atomic mass is 10.00. The second-order valence-corrected chi connectivity index (χ2v) is 8.94. The molecular formula is C16H22N8O2S. The number of aryl methyl sites for hydroxylation is 1. The summed E-state index contributed by atoms with van der Waals surface area (Å²) in [5.41, 5.74) is 1.53. The smallest absolute Gasteiger partial charge is 0.229 e. The molecule has 0 aliphatic carbocycles.